The van der Waals surface area contributed by atoms with Gasteiger partial charge in [0, 0.05) is 23.1 Å². The van der Waals surface area contributed by atoms with E-state index in [4.69, 9.17) is 10.7 Å². The maximum atomic E-state index is 13.9. The van der Waals surface area contributed by atoms with E-state index in [2.05, 4.69) is 76.0 Å². The average Bonchev–Trinajstić information content (AvgIpc) is 3.03. The van der Waals surface area contributed by atoms with Gasteiger partial charge in [-0.3, -0.25) is 0 Å². The lowest BCUT2D eigenvalue weighted by Gasteiger charge is -2.12. The fourth-order valence-electron chi connectivity index (χ4n) is 3.56. The Balaban J connectivity index is 1.73. The molecule has 2 aromatic carbocycles. The monoisotopic (exact) mass is 518 g/mol. The van der Waals surface area contributed by atoms with E-state index in [9.17, 15) is 4.39 Å². The second-order valence-corrected chi connectivity index (χ2v) is 8.96. The molecule has 4 rings (SSSR count). The number of nitrogen functional groups attached to an aromatic ring is 1. The molecule has 0 amide bonds. The summed E-state index contributed by atoms with van der Waals surface area (Å²) in [4.78, 5) is 12.3. The Morgan fingerprint density at radius 2 is 1.87 bits per heavy atom. The first kappa shape index (κ1) is 20.9. The zero-order chi connectivity index (χ0) is 21.3. The molecule has 156 valence electrons. The van der Waals surface area contributed by atoms with Crippen molar-refractivity contribution in [3.8, 4) is 0 Å². The Morgan fingerprint density at radius 3 is 2.60 bits per heavy atom. The first-order chi connectivity index (χ1) is 14.4. The van der Waals surface area contributed by atoms with Gasteiger partial charge in [-0.05, 0) is 63.5 Å². The van der Waals surface area contributed by atoms with Crippen LogP contribution in [0.3, 0.4) is 0 Å². The van der Waals surface area contributed by atoms with Gasteiger partial charge in [-0.15, -0.1) is 0 Å². The first-order valence-corrected chi connectivity index (χ1v) is 11.1. The van der Waals surface area contributed by atoms with E-state index in [1.165, 1.54) is 10.8 Å². The van der Waals surface area contributed by atoms with E-state index in [1.807, 2.05) is 16.7 Å². The smallest absolute Gasteiger partial charge is 0.312 e. The molecule has 0 atom stereocenters. The largest absolute Gasteiger partial charge is 0.382 e. The van der Waals surface area contributed by atoms with Crippen LogP contribution in [0.1, 0.15) is 25.2 Å². The topological polar surface area (TPSA) is 81.7 Å². The van der Waals surface area contributed by atoms with Crippen molar-refractivity contribution in [2.75, 3.05) is 18.8 Å². The molecule has 2 heterocycles. The van der Waals surface area contributed by atoms with Crippen molar-refractivity contribution in [3.05, 3.63) is 57.4 Å². The normalized spacial score (nSPS) is 11.8. The summed E-state index contributed by atoms with van der Waals surface area (Å²) >= 11 is 2.36. The number of imidazole rings is 1. The maximum absolute atomic E-state index is 13.9. The molecular weight excluding hydrogens is 494 g/mol. The summed E-state index contributed by atoms with van der Waals surface area (Å²) in [6.07, 6.45) is -0.229. The molecule has 0 aliphatic carbocycles. The molecule has 6 nitrogen and oxygen atoms in total. The summed E-state index contributed by atoms with van der Waals surface area (Å²) in [6, 6.07) is 12.7. The number of aromatic nitrogens is 4. The number of hydrogen-bond acceptors (Lipinski definition) is 5. The van der Waals surface area contributed by atoms with E-state index in [-0.39, 0.29) is 5.82 Å². The molecule has 3 N–H and O–H groups in total. The number of fused-ring (bicyclic) bond motifs is 2. The van der Waals surface area contributed by atoms with Crippen molar-refractivity contribution in [2.45, 2.75) is 26.8 Å². The molecule has 0 saturated heterocycles. The van der Waals surface area contributed by atoms with Crippen molar-refractivity contribution >= 4 is 50.3 Å². The fourth-order valence-corrected chi connectivity index (χ4v) is 4.24. The van der Waals surface area contributed by atoms with Crippen molar-refractivity contribution in [2.24, 2.45) is 5.92 Å². The van der Waals surface area contributed by atoms with Crippen molar-refractivity contribution in [1.29, 1.82) is 0 Å². The molecule has 2 aromatic heterocycles. The Labute approximate surface area is 188 Å². The lowest BCUT2D eigenvalue weighted by Crippen LogP contribution is -2.25. The van der Waals surface area contributed by atoms with Gasteiger partial charge in [0.2, 0.25) is 0 Å². The summed E-state index contributed by atoms with van der Waals surface area (Å²) in [5.74, 6) is 1.43. The predicted molar refractivity (Wildman–Crippen MR) is 127 cm³/mol. The Morgan fingerprint density at radius 1 is 1.13 bits per heavy atom. The first-order valence-electron chi connectivity index (χ1n) is 9.98. The lowest BCUT2D eigenvalue weighted by atomic mass is 10.0. The van der Waals surface area contributed by atoms with Crippen molar-refractivity contribution < 1.29 is 4.39 Å². The third-order valence-electron chi connectivity index (χ3n) is 5.00. The van der Waals surface area contributed by atoms with Crippen molar-refractivity contribution in [1.82, 2.24) is 24.8 Å². The van der Waals surface area contributed by atoms with E-state index >= 15 is 0 Å². The number of hydrogen-bond donors (Lipinski definition) is 2. The number of anilines is 1. The number of nitrogens with two attached hydrogens (primary N) is 1. The van der Waals surface area contributed by atoms with Gasteiger partial charge in [0.05, 0.1) is 0 Å². The quantitative estimate of drug-likeness (QED) is 0.218. The van der Waals surface area contributed by atoms with Gasteiger partial charge in [0.15, 0.2) is 17.0 Å². The maximum Gasteiger partial charge on any atom is 0.312 e. The van der Waals surface area contributed by atoms with Crippen LogP contribution in [-0.4, -0.2) is 32.6 Å². The molecule has 0 fully saturated rings. The minimum Gasteiger partial charge on any atom is -0.382 e. The summed E-state index contributed by atoms with van der Waals surface area (Å²) in [5.41, 5.74) is 8.00. The van der Waals surface area contributed by atoms with Crippen LogP contribution in [0.5, 0.6) is 0 Å². The molecule has 0 aliphatic heterocycles. The second-order valence-electron chi connectivity index (χ2n) is 7.80. The van der Waals surface area contributed by atoms with Crippen LogP contribution in [0.2, 0.25) is 0 Å². The van der Waals surface area contributed by atoms with E-state index in [0.717, 1.165) is 28.0 Å². The van der Waals surface area contributed by atoms with Gasteiger partial charge in [-0.2, -0.15) is 14.4 Å². The predicted octanol–water partition coefficient (Wildman–Crippen LogP) is 4.14. The lowest BCUT2D eigenvalue weighted by molar-refractivity contribution is 0.517. The highest BCUT2D eigenvalue weighted by molar-refractivity contribution is 14.1. The average molecular weight is 518 g/mol. The Kier molecular flexibility index (Phi) is 6.14. The minimum atomic E-state index is -0.830. The third kappa shape index (κ3) is 4.39. The van der Waals surface area contributed by atoms with E-state index in [0.29, 0.717) is 30.0 Å². The van der Waals surface area contributed by atoms with Gasteiger partial charge in [-0.25, -0.2) is 4.98 Å². The molecular formula is C22H24FIN6. The van der Waals surface area contributed by atoms with Crippen LogP contribution in [0.4, 0.5) is 10.2 Å². The van der Waals surface area contributed by atoms with E-state index in [1.54, 1.807) is 0 Å². The molecule has 30 heavy (non-hydrogen) atoms. The fraction of sp³-hybridized carbons (Fsp3) is 0.318. The van der Waals surface area contributed by atoms with Crippen LogP contribution in [0.15, 0.2) is 36.4 Å². The summed E-state index contributed by atoms with van der Waals surface area (Å²) < 4.78 is 17.0. The molecule has 0 saturated carbocycles. The zero-order valence-electron chi connectivity index (χ0n) is 17.0. The SMILES string of the molecule is CC(C)CNCCn1c(Cc2cc3ccccc3cc2I)nc2c(N)nc(F)nc21. The van der Waals surface area contributed by atoms with Crippen LogP contribution in [-0.2, 0) is 13.0 Å². The molecule has 0 radical (unpaired) electrons. The number of nitrogens with one attached hydrogen (secondary N) is 1. The molecule has 0 spiro atoms. The number of nitrogens with zero attached hydrogens (tertiary/aromatic N) is 4. The summed E-state index contributed by atoms with van der Waals surface area (Å²) in [7, 11) is 0. The number of rotatable bonds is 7. The molecule has 8 heteroatoms. The highest BCUT2D eigenvalue weighted by Gasteiger charge is 2.18. The highest BCUT2D eigenvalue weighted by atomic mass is 127. The Bertz CT molecular complexity index is 1200. The molecule has 0 unspecified atom stereocenters. The van der Waals surface area contributed by atoms with Gasteiger partial charge in [-0.1, -0.05) is 38.1 Å². The summed E-state index contributed by atoms with van der Waals surface area (Å²) in [6.45, 7) is 6.59. The van der Waals surface area contributed by atoms with Gasteiger partial charge in [0.25, 0.3) is 0 Å². The molecule has 0 aliphatic rings. The van der Waals surface area contributed by atoms with Crippen LogP contribution >= 0.6 is 22.6 Å². The van der Waals surface area contributed by atoms with Gasteiger partial charge >= 0.3 is 6.08 Å². The molecule has 0 bridgehead atoms. The van der Waals surface area contributed by atoms with Gasteiger partial charge in [0.1, 0.15) is 5.82 Å². The highest BCUT2D eigenvalue weighted by Crippen LogP contribution is 2.26. The van der Waals surface area contributed by atoms with Crippen LogP contribution < -0.4 is 11.1 Å². The van der Waals surface area contributed by atoms with Crippen LogP contribution in [0.25, 0.3) is 21.9 Å². The molecule has 4 aromatic rings. The Hall–Kier alpha value is -2.33. The zero-order valence-corrected chi connectivity index (χ0v) is 19.1. The van der Waals surface area contributed by atoms with Crippen LogP contribution in [0, 0.1) is 15.6 Å². The van der Waals surface area contributed by atoms with Crippen molar-refractivity contribution in [3.63, 3.8) is 0 Å². The minimum absolute atomic E-state index is 0.0702. The third-order valence-corrected chi connectivity index (χ3v) is 6.01. The van der Waals surface area contributed by atoms with Gasteiger partial charge < -0.3 is 15.6 Å². The standard InChI is InChI=1S/C22H24FIN6/c1-13(2)12-26-7-8-30-18(27-19-20(25)28-22(23)29-21(19)30)11-16-9-14-5-3-4-6-15(14)10-17(16)24/h3-6,9-10,13,26H,7-8,11-12H2,1-2H3,(H2,25,28,29). The van der Waals surface area contributed by atoms with E-state index < -0.39 is 6.08 Å². The summed E-state index contributed by atoms with van der Waals surface area (Å²) in [5, 5.41) is 5.81. The number of benzene rings is 2. The number of halogens is 2. The second kappa shape index (κ2) is 8.81.